The standard InChI is InChI=1S/C10H7ClN2O2/c1-5-2-3-6-8(11)7(10(14)15)4-12-9(6)13-5/h2-4H,1H3,(H,14,15). The minimum atomic E-state index is -1.09. The van der Waals surface area contributed by atoms with Gasteiger partial charge in [0.1, 0.15) is 0 Å². The summed E-state index contributed by atoms with van der Waals surface area (Å²) in [5, 5.41) is 9.57. The zero-order valence-corrected chi connectivity index (χ0v) is 8.62. The van der Waals surface area contributed by atoms with E-state index in [1.807, 2.05) is 6.92 Å². The normalized spacial score (nSPS) is 10.5. The quantitative estimate of drug-likeness (QED) is 0.804. The zero-order chi connectivity index (χ0) is 11.0. The smallest absolute Gasteiger partial charge is 0.338 e. The number of aryl methyl sites for hydroxylation is 1. The van der Waals surface area contributed by atoms with Crippen molar-refractivity contribution in [2.75, 3.05) is 0 Å². The minimum absolute atomic E-state index is 0.00480. The van der Waals surface area contributed by atoms with Gasteiger partial charge in [0.05, 0.1) is 10.6 Å². The van der Waals surface area contributed by atoms with Crippen LogP contribution in [0.2, 0.25) is 5.02 Å². The van der Waals surface area contributed by atoms with Crippen LogP contribution in [0, 0.1) is 6.92 Å². The van der Waals surface area contributed by atoms with Gasteiger partial charge in [0.2, 0.25) is 0 Å². The van der Waals surface area contributed by atoms with E-state index >= 15 is 0 Å². The lowest BCUT2D eigenvalue weighted by molar-refractivity contribution is 0.0697. The molecule has 0 spiro atoms. The van der Waals surface area contributed by atoms with Crippen molar-refractivity contribution in [2.45, 2.75) is 6.92 Å². The van der Waals surface area contributed by atoms with Gasteiger partial charge in [-0.3, -0.25) is 0 Å². The van der Waals surface area contributed by atoms with Crippen LogP contribution in [0.3, 0.4) is 0 Å². The summed E-state index contributed by atoms with van der Waals surface area (Å²) < 4.78 is 0. The fourth-order valence-electron chi connectivity index (χ4n) is 1.29. The number of nitrogens with zero attached hydrogens (tertiary/aromatic N) is 2. The number of fused-ring (bicyclic) bond motifs is 1. The molecular formula is C10H7ClN2O2. The summed E-state index contributed by atoms with van der Waals surface area (Å²) in [7, 11) is 0. The largest absolute Gasteiger partial charge is 0.478 e. The number of rotatable bonds is 1. The van der Waals surface area contributed by atoms with Crippen molar-refractivity contribution in [3.8, 4) is 0 Å². The summed E-state index contributed by atoms with van der Waals surface area (Å²) in [6, 6.07) is 3.49. The molecule has 0 aromatic carbocycles. The Morgan fingerprint density at radius 1 is 1.47 bits per heavy atom. The van der Waals surface area contributed by atoms with E-state index in [-0.39, 0.29) is 10.6 Å². The van der Waals surface area contributed by atoms with E-state index in [9.17, 15) is 4.79 Å². The number of hydrogen-bond acceptors (Lipinski definition) is 3. The Hall–Kier alpha value is -1.68. The SMILES string of the molecule is Cc1ccc2c(Cl)c(C(=O)O)cnc2n1. The summed E-state index contributed by atoms with van der Waals surface area (Å²) in [5.74, 6) is -1.09. The van der Waals surface area contributed by atoms with E-state index in [2.05, 4.69) is 9.97 Å². The number of halogens is 1. The van der Waals surface area contributed by atoms with Gasteiger partial charge in [-0.15, -0.1) is 0 Å². The number of carboxylic acids is 1. The topological polar surface area (TPSA) is 63.1 Å². The monoisotopic (exact) mass is 222 g/mol. The number of carbonyl (C=O) groups is 1. The Kier molecular flexibility index (Phi) is 2.28. The molecule has 15 heavy (non-hydrogen) atoms. The first-order chi connectivity index (χ1) is 7.09. The Morgan fingerprint density at radius 3 is 2.87 bits per heavy atom. The van der Waals surface area contributed by atoms with Crippen LogP contribution in [-0.4, -0.2) is 21.0 Å². The molecule has 4 nitrogen and oxygen atoms in total. The highest BCUT2D eigenvalue weighted by molar-refractivity contribution is 6.37. The molecule has 0 aliphatic carbocycles. The van der Waals surface area contributed by atoms with Crippen LogP contribution in [0.25, 0.3) is 11.0 Å². The summed E-state index contributed by atoms with van der Waals surface area (Å²) in [6.45, 7) is 1.83. The van der Waals surface area contributed by atoms with Gasteiger partial charge < -0.3 is 5.11 Å². The van der Waals surface area contributed by atoms with E-state index in [1.54, 1.807) is 12.1 Å². The Bertz CT molecular complexity index is 554. The summed E-state index contributed by atoms with van der Waals surface area (Å²) in [5.41, 5.74) is 1.27. The molecule has 0 bridgehead atoms. The predicted octanol–water partition coefficient (Wildman–Crippen LogP) is 2.29. The Balaban J connectivity index is 2.80. The molecule has 76 valence electrons. The molecule has 0 fully saturated rings. The lowest BCUT2D eigenvalue weighted by Crippen LogP contribution is -2.00. The van der Waals surface area contributed by atoms with Crippen molar-refractivity contribution >= 4 is 28.6 Å². The fourth-order valence-corrected chi connectivity index (χ4v) is 1.57. The number of aromatic nitrogens is 2. The summed E-state index contributed by atoms with van der Waals surface area (Å²) in [6.07, 6.45) is 1.22. The van der Waals surface area contributed by atoms with Gasteiger partial charge in [0, 0.05) is 17.3 Å². The number of pyridine rings is 2. The van der Waals surface area contributed by atoms with Crippen LogP contribution in [0.1, 0.15) is 16.1 Å². The molecule has 2 aromatic rings. The first-order valence-electron chi connectivity index (χ1n) is 4.25. The lowest BCUT2D eigenvalue weighted by atomic mass is 10.2. The molecule has 2 rings (SSSR count). The van der Waals surface area contributed by atoms with E-state index in [1.165, 1.54) is 6.20 Å². The van der Waals surface area contributed by atoms with Crippen molar-refractivity contribution in [3.63, 3.8) is 0 Å². The van der Waals surface area contributed by atoms with Gasteiger partial charge >= 0.3 is 5.97 Å². The predicted molar refractivity (Wildman–Crippen MR) is 56.2 cm³/mol. The molecule has 5 heteroatoms. The average Bonchev–Trinajstić information content (AvgIpc) is 2.17. The van der Waals surface area contributed by atoms with Crippen molar-refractivity contribution < 1.29 is 9.90 Å². The zero-order valence-electron chi connectivity index (χ0n) is 7.86. The number of carboxylic acid groups (broad SMARTS) is 1. The molecule has 0 aliphatic rings. The second kappa shape index (κ2) is 3.47. The van der Waals surface area contributed by atoms with Gasteiger partial charge in [0.25, 0.3) is 0 Å². The molecule has 0 saturated heterocycles. The molecule has 0 unspecified atom stereocenters. The highest BCUT2D eigenvalue weighted by Crippen LogP contribution is 2.24. The van der Waals surface area contributed by atoms with Gasteiger partial charge in [-0.25, -0.2) is 14.8 Å². The van der Waals surface area contributed by atoms with Gasteiger partial charge in [-0.2, -0.15) is 0 Å². The third-order valence-corrected chi connectivity index (χ3v) is 2.44. The number of hydrogen-bond donors (Lipinski definition) is 1. The maximum absolute atomic E-state index is 10.8. The summed E-state index contributed by atoms with van der Waals surface area (Å²) in [4.78, 5) is 18.9. The first kappa shape index (κ1) is 9.86. The highest BCUT2D eigenvalue weighted by atomic mass is 35.5. The van der Waals surface area contributed by atoms with Gasteiger partial charge in [0.15, 0.2) is 5.65 Å². The van der Waals surface area contributed by atoms with E-state index in [4.69, 9.17) is 16.7 Å². The molecule has 2 aromatic heterocycles. The molecule has 2 heterocycles. The van der Waals surface area contributed by atoms with Crippen molar-refractivity contribution in [3.05, 3.63) is 34.6 Å². The fraction of sp³-hybridized carbons (Fsp3) is 0.100. The third-order valence-electron chi connectivity index (χ3n) is 2.03. The van der Waals surface area contributed by atoms with Gasteiger partial charge in [-0.05, 0) is 19.1 Å². The van der Waals surface area contributed by atoms with Crippen LogP contribution in [-0.2, 0) is 0 Å². The second-order valence-electron chi connectivity index (χ2n) is 3.11. The maximum Gasteiger partial charge on any atom is 0.338 e. The molecule has 0 amide bonds. The Labute approximate surface area is 90.5 Å². The first-order valence-corrected chi connectivity index (χ1v) is 4.62. The molecule has 0 atom stereocenters. The van der Waals surface area contributed by atoms with Crippen LogP contribution < -0.4 is 0 Å². The molecule has 0 saturated carbocycles. The van der Waals surface area contributed by atoms with E-state index in [0.29, 0.717) is 11.0 Å². The maximum atomic E-state index is 10.8. The number of aromatic carboxylic acids is 1. The molecule has 1 N–H and O–H groups in total. The second-order valence-corrected chi connectivity index (χ2v) is 3.49. The lowest BCUT2D eigenvalue weighted by Gasteiger charge is -2.03. The molecule has 0 aliphatic heterocycles. The molecule has 0 radical (unpaired) electrons. The van der Waals surface area contributed by atoms with Crippen LogP contribution >= 0.6 is 11.6 Å². The van der Waals surface area contributed by atoms with Crippen molar-refractivity contribution in [1.29, 1.82) is 0 Å². The van der Waals surface area contributed by atoms with Crippen molar-refractivity contribution in [2.24, 2.45) is 0 Å². The Morgan fingerprint density at radius 2 is 2.20 bits per heavy atom. The third kappa shape index (κ3) is 1.64. The minimum Gasteiger partial charge on any atom is -0.478 e. The van der Waals surface area contributed by atoms with Crippen LogP contribution in [0.5, 0.6) is 0 Å². The highest BCUT2D eigenvalue weighted by Gasteiger charge is 2.12. The van der Waals surface area contributed by atoms with E-state index in [0.717, 1.165) is 5.69 Å². The molecular weight excluding hydrogens is 216 g/mol. The van der Waals surface area contributed by atoms with E-state index < -0.39 is 5.97 Å². The van der Waals surface area contributed by atoms with Gasteiger partial charge in [-0.1, -0.05) is 11.6 Å². The van der Waals surface area contributed by atoms with Crippen LogP contribution in [0.15, 0.2) is 18.3 Å². The van der Waals surface area contributed by atoms with Crippen LogP contribution in [0.4, 0.5) is 0 Å². The average molecular weight is 223 g/mol. The summed E-state index contributed by atoms with van der Waals surface area (Å²) >= 11 is 5.93. The van der Waals surface area contributed by atoms with Crippen molar-refractivity contribution in [1.82, 2.24) is 9.97 Å².